The fraction of sp³-hybridized carbons (Fsp3) is 0.233. The van der Waals surface area contributed by atoms with Gasteiger partial charge in [-0.2, -0.15) is 5.10 Å². The Labute approximate surface area is 238 Å². The number of fused-ring (bicyclic) bond motifs is 3. The molecule has 1 unspecified atom stereocenters. The van der Waals surface area contributed by atoms with Crippen molar-refractivity contribution in [2.24, 2.45) is 5.92 Å². The summed E-state index contributed by atoms with van der Waals surface area (Å²) < 4.78 is 17.3. The van der Waals surface area contributed by atoms with E-state index in [0.717, 1.165) is 11.9 Å². The van der Waals surface area contributed by atoms with Crippen LogP contribution in [0.4, 0.5) is 10.1 Å². The molecule has 2 fully saturated rings. The number of carbonyl (C=O) groups is 3. The lowest BCUT2D eigenvalue weighted by Gasteiger charge is -2.27. The first-order valence-corrected chi connectivity index (χ1v) is 13.7. The number of Topliss-reactive ketones (excluding diaryl/α,β-unsaturated/α-hetero) is 1. The summed E-state index contributed by atoms with van der Waals surface area (Å²) in [4.78, 5) is 48.0. The van der Waals surface area contributed by atoms with Crippen LogP contribution >= 0.6 is 11.6 Å². The number of H-pyrrole nitrogens is 1. The Balaban J connectivity index is 1.14. The second-order valence-electron chi connectivity index (χ2n) is 10.6. The van der Waals surface area contributed by atoms with Crippen molar-refractivity contribution in [2.75, 3.05) is 5.32 Å². The zero-order chi connectivity index (χ0) is 28.4. The van der Waals surface area contributed by atoms with E-state index < -0.39 is 17.8 Å². The lowest BCUT2D eigenvalue weighted by atomic mass is 10.0. The summed E-state index contributed by atoms with van der Waals surface area (Å²) in [5.74, 6) is -1.31. The van der Waals surface area contributed by atoms with Crippen molar-refractivity contribution in [2.45, 2.75) is 38.4 Å². The average molecular weight is 571 g/mol. The highest BCUT2D eigenvalue weighted by Crippen LogP contribution is 2.48. The molecule has 2 N–H and O–H groups in total. The summed E-state index contributed by atoms with van der Waals surface area (Å²) in [7, 11) is 0. The normalized spacial score (nSPS) is 19.5. The van der Waals surface area contributed by atoms with E-state index in [1.807, 2.05) is 18.2 Å². The summed E-state index contributed by atoms with van der Waals surface area (Å²) in [6, 6.07) is 14.6. The molecule has 11 heteroatoms. The number of benzene rings is 3. The first-order chi connectivity index (χ1) is 19.8. The SMILES string of the molecule is CC(=O)c1nn(CC(=O)N2C3C[C@@H]3C[C@H]2C(=O)Nc2cccc(-c3ccc4[nH]cnc4c3Cl)c2F)c2ccccc12. The van der Waals surface area contributed by atoms with E-state index in [0.29, 0.717) is 39.1 Å². The summed E-state index contributed by atoms with van der Waals surface area (Å²) in [5.41, 5.74) is 2.91. The molecule has 206 valence electrons. The molecule has 2 aromatic heterocycles. The second-order valence-corrected chi connectivity index (χ2v) is 11.0. The van der Waals surface area contributed by atoms with E-state index in [2.05, 4.69) is 20.4 Å². The fourth-order valence-corrected chi connectivity index (χ4v) is 6.32. The van der Waals surface area contributed by atoms with E-state index in [9.17, 15) is 14.4 Å². The predicted molar refractivity (Wildman–Crippen MR) is 152 cm³/mol. The fourth-order valence-electron chi connectivity index (χ4n) is 6.00. The molecule has 9 nitrogen and oxygen atoms in total. The molecule has 41 heavy (non-hydrogen) atoms. The van der Waals surface area contributed by atoms with Crippen molar-refractivity contribution >= 4 is 56.8 Å². The van der Waals surface area contributed by atoms with Crippen molar-refractivity contribution in [3.63, 3.8) is 0 Å². The average Bonchev–Trinajstić information content (AvgIpc) is 3.29. The number of nitrogens with zero attached hydrogens (tertiary/aromatic N) is 4. The minimum atomic E-state index is -0.743. The monoisotopic (exact) mass is 570 g/mol. The molecule has 0 spiro atoms. The number of piperidine rings is 1. The van der Waals surface area contributed by atoms with Crippen LogP contribution in [-0.2, 0) is 16.1 Å². The molecule has 3 heterocycles. The summed E-state index contributed by atoms with van der Waals surface area (Å²) >= 11 is 6.54. The van der Waals surface area contributed by atoms with E-state index in [1.165, 1.54) is 24.0 Å². The second kappa shape index (κ2) is 9.52. The van der Waals surface area contributed by atoms with E-state index >= 15 is 4.39 Å². The number of hydrogen-bond acceptors (Lipinski definition) is 5. The number of nitrogens with one attached hydrogen (secondary N) is 2. The van der Waals surface area contributed by atoms with Gasteiger partial charge in [0.1, 0.15) is 23.8 Å². The lowest BCUT2D eigenvalue weighted by molar-refractivity contribution is -0.138. The molecule has 7 rings (SSSR count). The number of aromatic nitrogens is 4. The van der Waals surface area contributed by atoms with Gasteiger partial charge in [-0.05, 0) is 37.0 Å². The van der Waals surface area contributed by atoms with Crippen LogP contribution in [0, 0.1) is 11.7 Å². The van der Waals surface area contributed by atoms with Gasteiger partial charge in [-0.15, -0.1) is 0 Å². The van der Waals surface area contributed by atoms with Gasteiger partial charge in [0.25, 0.3) is 0 Å². The van der Waals surface area contributed by atoms with Crippen molar-refractivity contribution in [1.29, 1.82) is 0 Å². The molecule has 2 aliphatic rings. The van der Waals surface area contributed by atoms with Crippen molar-refractivity contribution in [3.8, 4) is 11.1 Å². The maximum atomic E-state index is 15.7. The lowest BCUT2D eigenvalue weighted by Crippen LogP contribution is -2.46. The number of halogens is 2. The van der Waals surface area contributed by atoms with Gasteiger partial charge in [-0.25, -0.2) is 9.37 Å². The van der Waals surface area contributed by atoms with Crippen LogP contribution < -0.4 is 5.32 Å². The van der Waals surface area contributed by atoms with Gasteiger partial charge < -0.3 is 15.2 Å². The zero-order valence-corrected chi connectivity index (χ0v) is 22.7. The largest absolute Gasteiger partial charge is 0.345 e. The van der Waals surface area contributed by atoms with Gasteiger partial charge >= 0.3 is 0 Å². The number of imidazole rings is 1. The van der Waals surface area contributed by atoms with Crippen LogP contribution in [0.5, 0.6) is 0 Å². The number of amides is 2. The summed E-state index contributed by atoms with van der Waals surface area (Å²) in [5, 5.41) is 8.09. The Kier molecular flexibility index (Phi) is 5.90. The number of hydrogen-bond donors (Lipinski definition) is 2. The number of anilines is 1. The minimum Gasteiger partial charge on any atom is -0.345 e. The van der Waals surface area contributed by atoms with Gasteiger partial charge in [0.05, 0.1) is 28.1 Å². The van der Waals surface area contributed by atoms with Crippen molar-refractivity contribution in [3.05, 3.63) is 77.5 Å². The smallest absolute Gasteiger partial charge is 0.247 e. The molecule has 1 aliphatic heterocycles. The number of likely N-dealkylation sites (tertiary alicyclic amines) is 1. The third kappa shape index (κ3) is 4.17. The Morgan fingerprint density at radius 1 is 1.07 bits per heavy atom. The number of aromatic amines is 1. The molecule has 0 bridgehead atoms. The molecule has 2 amide bonds. The highest BCUT2D eigenvalue weighted by molar-refractivity contribution is 6.37. The maximum absolute atomic E-state index is 15.7. The number of para-hydroxylation sites is 1. The molecule has 3 aromatic carbocycles. The molecule has 1 saturated heterocycles. The Morgan fingerprint density at radius 2 is 1.90 bits per heavy atom. The number of ketones is 1. The Hall–Kier alpha value is -4.57. The molecular weight excluding hydrogens is 547 g/mol. The summed E-state index contributed by atoms with van der Waals surface area (Å²) in [6.45, 7) is 1.33. The van der Waals surface area contributed by atoms with Crippen LogP contribution in [0.25, 0.3) is 33.1 Å². The first-order valence-electron chi connectivity index (χ1n) is 13.3. The van der Waals surface area contributed by atoms with Crippen molar-refractivity contribution in [1.82, 2.24) is 24.6 Å². The molecule has 1 aliphatic carbocycles. The molecule has 3 atom stereocenters. The third-order valence-corrected chi connectivity index (χ3v) is 8.43. The van der Waals surface area contributed by atoms with Crippen LogP contribution in [0.3, 0.4) is 0 Å². The third-order valence-electron chi connectivity index (χ3n) is 8.05. The number of rotatable bonds is 6. The quantitative estimate of drug-likeness (QED) is 0.272. The summed E-state index contributed by atoms with van der Waals surface area (Å²) in [6.07, 6.45) is 2.85. The zero-order valence-electron chi connectivity index (χ0n) is 21.9. The van der Waals surface area contributed by atoms with Crippen LogP contribution in [-0.4, -0.2) is 54.3 Å². The minimum absolute atomic E-state index is 0.00262. The number of carbonyl (C=O) groups excluding carboxylic acids is 3. The van der Waals surface area contributed by atoms with E-state index in [4.69, 9.17) is 11.6 Å². The Bertz CT molecular complexity index is 1900. The van der Waals surface area contributed by atoms with Crippen LogP contribution in [0.1, 0.15) is 30.3 Å². The standard InChI is InChI=1S/C30H24ClFN6O3/c1-15(39)28-19-5-2-3-8-22(19)37(36-28)13-25(40)38-23-11-16(23)12-24(38)30(41)35-20-7-4-6-18(27(20)32)17-9-10-21-29(26(17)31)34-14-33-21/h2-10,14,16,23-24H,11-13H2,1H3,(H,33,34)(H,35,41)/t16-,23?,24+/m1/s1. The maximum Gasteiger partial charge on any atom is 0.247 e. The molecule has 0 radical (unpaired) electrons. The van der Waals surface area contributed by atoms with E-state index in [1.54, 1.807) is 35.2 Å². The van der Waals surface area contributed by atoms with Gasteiger partial charge in [0, 0.05) is 29.5 Å². The first kappa shape index (κ1) is 25.4. The van der Waals surface area contributed by atoms with Gasteiger partial charge in [-0.3, -0.25) is 19.1 Å². The highest BCUT2D eigenvalue weighted by atomic mass is 35.5. The van der Waals surface area contributed by atoms with Gasteiger partial charge in [0.15, 0.2) is 11.6 Å². The predicted octanol–water partition coefficient (Wildman–Crippen LogP) is 5.20. The molecular formula is C30H24ClFN6O3. The van der Waals surface area contributed by atoms with Crippen LogP contribution in [0.2, 0.25) is 5.02 Å². The van der Waals surface area contributed by atoms with E-state index in [-0.39, 0.29) is 41.4 Å². The molecule has 1 saturated carbocycles. The van der Waals surface area contributed by atoms with Crippen LogP contribution in [0.15, 0.2) is 60.9 Å². The topological polar surface area (TPSA) is 113 Å². The molecule has 5 aromatic rings. The van der Waals surface area contributed by atoms with Gasteiger partial charge in [-0.1, -0.05) is 48.0 Å². The van der Waals surface area contributed by atoms with Gasteiger partial charge in [0.2, 0.25) is 11.8 Å². The Morgan fingerprint density at radius 3 is 2.73 bits per heavy atom. The highest BCUT2D eigenvalue weighted by Gasteiger charge is 2.56. The van der Waals surface area contributed by atoms with Crippen molar-refractivity contribution < 1.29 is 18.8 Å².